The largest absolute Gasteiger partial charge is 0.395 e. The highest BCUT2D eigenvalue weighted by Gasteiger charge is 2.28. The third kappa shape index (κ3) is 2.55. The lowest BCUT2D eigenvalue weighted by molar-refractivity contribution is -0.125. The van der Waals surface area contributed by atoms with Crippen LogP contribution in [0, 0.1) is 0 Å². The average Bonchev–Trinajstić information content (AvgIpc) is 2.26. The summed E-state index contributed by atoms with van der Waals surface area (Å²) in [6, 6.07) is 0.187. The molecule has 0 saturated carbocycles. The van der Waals surface area contributed by atoms with Crippen LogP contribution < -0.4 is 0 Å². The van der Waals surface area contributed by atoms with E-state index in [4.69, 9.17) is 0 Å². The number of aliphatic hydroxyl groups excluding tert-OH is 1. The van der Waals surface area contributed by atoms with Crippen molar-refractivity contribution in [1.29, 1.82) is 0 Å². The van der Waals surface area contributed by atoms with Crippen LogP contribution in [0.5, 0.6) is 0 Å². The van der Waals surface area contributed by atoms with Gasteiger partial charge in [0, 0.05) is 12.5 Å². The molecule has 1 N–H and O–H groups in total. The van der Waals surface area contributed by atoms with Crippen LogP contribution in [-0.2, 0) is 4.79 Å². The van der Waals surface area contributed by atoms with E-state index < -0.39 is 0 Å². The molecule has 1 heterocycles. The Morgan fingerprint density at radius 2 is 2.29 bits per heavy atom. The zero-order valence-electron chi connectivity index (χ0n) is 9.20. The zero-order valence-corrected chi connectivity index (χ0v) is 9.20. The second-order valence-corrected chi connectivity index (χ2v) is 4.07. The fraction of sp³-hybridized carbons (Fsp3) is 0.909. The van der Waals surface area contributed by atoms with E-state index in [9.17, 15) is 9.90 Å². The Kier molecular flexibility index (Phi) is 4.55. The van der Waals surface area contributed by atoms with Gasteiger partial charge in [0.2, 0.25) is 0 Å². The van der Waals surface area contributed by atoms with Crippen molar-refractivity contribution in [2.24, 2.45) is 0 Å². The third-order valence-electron chi connectivity index (χ3n) is 3.20. The number of nitrogens with zero attached hydrogens (tertiary/aromatic N) is 1. The van der Waals surface area contributed by atoms with Crippen molar-refractivity contribution in [3.05, 3.63) is 0 Å². The Labute approximate surface area is 86.1 Å². The minimum absolute atomic E-state index is 0.0163. The highest BCUT2D eigenvalue weighted by molar-refractivity contribution is 5.83. The summed E-state index contributed by atoms with van der Waals surface area (Å²) >= 11 is 0. The lowest BCUT2D eigenvalue weighted by atomic mass is 9.99. The van der Waals surface area contributed by atoms with Gasteiger partial charge in [0.05, 0.1) is 12.6 Å². The topological polar surface area (TPSA) is 40.5 Å². The molecule has 0 aromatic carbocycles. The molecule has 1 aliphatic heterocycles. The smallest absolute Gasteiger partial charge is 0.149 e. The van der Waals surface area contributed by atoms with Crippen LogP contribution in [0.2, 0.25) is 0 Å². The molecule has 0 bridgehead atoms. The molecule has 1 fully saturated rings. The van der Waals surface area contributed by atoms with Crippen LogP contribution in [0.15, 0.2) is 0 Å². The summed E-state index contributed by atoms with van der Waals surface area (Å²) in [6.45, 7) is 5.00. The number of ketones is 1. The number of carbonyl (C=O) groups is 1. The van der Waals surface area contributed by atoms with Crippen LogP contribution in [-0.4, -0.2) is 41.0 Å². The molecule has 1 rings (SSSR count). The number of likely N-dealkylation sites (tertiary alicyclic amines) is 1. The molecule has 0 spiro atoms. The van der Waals surface area contributed by atoms with Gasteiger partial charge in [0.25, 0.3) is 0 Å². The lowest BCUT2D eigenvalue weighted by Gasteiger charge is -2.38. The lowest BCUT2D eigenvalue weighted by Crippen LogP contribution is -2.49. The highest BCUT2D eigenvalue weighted by Crippen LogP contribution is 2.19. The molecule has 2 atom stereocenters. The van der Waals surface area contributed by atoms with Crippen molar-refractivity contribution in [3.8, 4) is 0 Å². The molecule has 1 saturated heterocycles. The van der Waals surface area contributed by atoms with Crippen molar-refractivity contribution in [2.45, 2.75) is 51.6 Å². The molecule has 14 heavy (non-hydrogen) atoms. The number of hydrogen-bond acceptors (Lipinski definition) is 3. The first-order chi connectivity index (χ1) is 6.70. The summed E-state index contributed by atoms with van der Waals surface area (Å²) in [5.41, 5.74) is 0. The van der Waals surface area contributed by atoms with Gasteiger partial charge in [-0.15, -0.1) is 0 Å². The predicted molar refractivity (Wildman–Crippen MR) is 56.2 cm³/mol. The van der Waals surface area contributed by atoms with Gasteiger partial charge < -0.3 is 5.11 Å². The maximum Gasteiger partial charge on any atom is 0.149 e. The summed E-state index contributed by atoms with van der Waals surface area (Å²) in [5.74, 6) is 0.283. The number of Topliss-reactive ketones (excluding diaryl/α,β-unsaturated/α-hetero) is 1. The Morgan fingerprint density at radius 3 is 2.86 bits per heavy atom. The van der Waals surface area contributed by atoms with Crippen molar-refractivity contribution in [1.82, 2.24) is 4.90 Å². The van der Waals surface area contributed by atoms with Crippen LogP contribution >= 0.6 is 0 Å². The quantitative estimate of drug-likeness (QED) is 0.739. The van der Waals surface area contributed by atoms with Gasteiger partial charge in [0.1, 0.15) is 5.78 Å². The summed E-state index contributed by atoms with van der Waals surface area (Å²) in [7, 11) is 0. The van der Waals surface area contributed by atoms with Gasteiger partial charge in [-0.25, -0.2) is 0 Å². The highest BCUT2D eigenvalue weighted by atomic mass is 16.3. The Bertz CT molecular complexity index is 194. The Hall–Kier alpha value is -0.410. The molecule has 0 radical (unpaired) electrons. The average molecular weight is 199 g/mol. The van der Waals surface area contributed by atoms with Crippen LogP contribution in [0.3, 0.4) is 0 Å². The summed E-state index contributed by atoms with van der Waals surface area (Å²) in [6.07, 6.45) is 3.94. The van der Waals surface area contributed by atoms with Gasteiger partial charge in [-0.05, 0) is 26.3 Å². The van der Waals surface area contributed by atoms with E-state index >= 15 is 0 Å². The standard InChI is InChI=1S/C11H21NO2/c1-3-11(14)9(2)12-7-5-4-6-10(12)8-13/h9-10,13H,3-8H2,1-2H3. The first kappa shape index (κ1) is 11.7. The van der Waals surface area contributed by atoms with Crippen LogP contribution in [0.4, 0.5) is 0 Å². The molecule has 0 amide bonds. The molecule has 0 aliphatic carbocycles. The normalized spacial score (nSPS) is 26.1. The van der Waals surface area contributed by atoms with E-state index in [1.54, 1.807) is 0 Å². The second kappa shape index (κ2) is 5.47. The van der Waals surface area contributed by atoms with Gasteiger partial charge in [-0.1, -0.05) is 13.3 Å². The Balaban J connectivity index is 2.58. The molecule has 2 unspecified atom stereocenters. The fourth-order valence-corrected chi connectivity index (χ4v) is 2.21. The minimum Gasteiger partial charge on any atom is -0.395 e. The van der Waals surface area contributed by atoms with Crippen LogP contribution in [0.1, 0.15) is 39.5 Å². The molecule has 0 aromatic rings. The first-order valence-corrected chi connectivity index (χ1v) is 5.60. The van der Waals surface area contributed by atoms with Gasteiger partial charge in [-0.2, -0.15) is 0 Å². The number of carbonyl (C=O) groups excluding carboxylic acids is 1. The van der Waals surface area contributed by atoms with E-state index in [0.717, 1.165) is 19.4 Å². The maximum atomic E-state index is 11.5. The van der Waals surface area contributed by atoms with E-state index in [0.29, 0.717) is 6.42 Å². The zero-order chi connectivity index (χ0) is 10.6. The van der Waals surface area contributed by atoms with Crippen molar-refractivity contribution in [3.63, 3.8) is 0 Å². The molecular weight excluding hydrogens is 178 g/mol. The molecular formula is C11H21NO2. The number of piperidine rings is 1. The summed E-state index contributed by atoms with van der Waals surface area (Å²) in [5, 5.41) is 9.21. The van der Waals surface area contributed by atoms with E-state index in [2.05, 4.69) is 4.90 Å². The first-order valence-electron chi connectivity index (χ1n) is 5.60. The summed E-state index contributed by atoms with van der Waals surface area (Å²) in [4.78, 5) is 13.7. The molecule has 82 valence electrons. The number of rotatable bonds is 4. The molecule has 3 nitrogen and oxygen atoms in total. The molecule has 0 aromatic heterocycles. The van der Waals surface area contributed by atoms with Gasteiger partial charge in [0.15, 0.2) is 0 Å². The van der Waals surface area contributed by atoms with Crippen LogP contribution in [0.25, 0.3) is 0 Å². The van der Waals surface area contributed by atoms with E-state index in [-0.39, 0.29) is 24.5 Å². The van der Waals surface area contributed by atoms with Crippen molar-refractivity contribution in [2.75, 3.05) is 13.2 Å². The molecule has 1 aliphatic rings. The van der Waals surface area contributed by atoms with Crippen molar-refractivity contribution >= 4 is 5.78 Å². The van der Waals surface area contributed by atoms with Crippen molar-refractivity contribution < 1.29 is 9.90 Å². The van der Waals surface area contributed by atoms with E-state index in [1.807, 2.05) is 13.8 Å². The Morgan fingerprint density at radius 1 is 1.57 bits per heavy atom. The fourth-order valence-electron chi connectivity index (χ4n) is 2.21. The predicted octanol–water partition coefficient (Wildman–Crippen LogP) is 1.20. The maximum absolute atomic E-state index is 11.5. The van der Waals surface area contributed by atoms with Gasteiger partial charge in [-0.3, -0.25) is 9.69 Å². The minimum atomic E-state index is -0.0163. The monoisotopic (exact) mass is 199 g/mol. The number of hydrogen-bond donors (Lipinski definition) is 1. The third-order valence-corrected chi connectivity index (χ3v) is 3.20. The second-order valence-electron chi connectivity index (χ2n) is 4.07. The van der Waals surface area contributed by atoms with E-state index in [1.165, 1.54) is 6.42 Å². The number of aliphatic hydroxyl groups is 1. The van der Waals surface area contributed by atoms with Gasteiger partial charge >= 0.3 is 0 Å². The summed E-state index contributed by atoms with van der Waals surface area (Å²) < 4.78 is 0. The molecule has 3 heteroatoms. The SMILES string of the molecule is CCC(=O)C(C)N1CCCCC1CO.